The van der Waals surface area contributed by atoms with Gasteiger partial charge in [0.2, 0.25) is 5.91 Å². The quantitative estimate of drug-likeness (QED) is 0.646. The molecule has 2 rings (SSSR count). The first-order chi connectivity index (χ1) is 10.1. The van der Waals surface area contributed by atoms with Gasteiger partial charge in [0, 0.05) is 11.8 Å². The number of hydrogen-bond donors (Lipinski definition) is 1. The van der Waals surface area contributed by atoms with Crippen molar-refractivity contribution in [3.8, 4) is 5.75 Å². The van der Waals surface area contributed by atoms with Crippen LogP contribution in [0.3, 0.4) is 0 Å². The van der Waals surface area contributed by atoms with Crippen LogP contribution < -0.4 is 10.1 Å². The maximum absolute atomic E-state index is 11.8. The third-order valence-corrected chi connectivity index (χ3v) is 2.79. The van der Waals surface area contributed by atoms with Gasteiger partial charge in [-0.3, -0.25) is 4.79 Å². The van der Waals surface area contributed by atoms with E-state index in [1.807, 2.05) is 0 Å². The lowest BCUT2D eigenvalue weighted by molar-refractivity contribution is -0.392. The summed E-state index contributed by atoms with van der Waals surface area (Å²) in [7, 11) is 1.54. The van der Waals surface area contributed by atoms with Crippen LogP contribution in [0.25, 0.3) is 0 Å². The summed E-state index contributed by atoms with van der Waals surface area (Å²) in [4.78, 5) is 22.0. The molecule has 1 aromatic carbocycles. The lowest BCUT2D eigenvalue weighted by atomic mass is 10.3. The predicted octanol–water partition coefficient (Wildman–Crippen LogP) is 1.83. The van der Waals surface area contributed by atoms with Gasteiger partial charge < -0.3 is 20.2 Å². The van der Waals surface area contributed by atoms with Crippen molar-refractivity contribution >= 4 is 17.4 Å². The minimum Gasteiger partial charge on any atom is -0.497 e. The second-order valence-corrected chi connectivity index (χ2v) is 4.20. The van der Waals surface area contributed by atoms with Crippen LogP contribution in [0.5, 0.6) is 5.75 Å². The predicted molar refractivity (Wildman–Crippen MR) is 75.1 cm³/mol. The zero-order valence-corrected chi connectivity index (χ0v) is 11.4. The number of nitro groups is 1. The first kappa shape index (κ1) is 14.5. The Bertz CT molecular complexity index is 653. The summed E-state index contributed by atoms with van der Waals surface area (Å²) in [6.45, 7) is 0.138. The molecule has 0 aliphatic heterocycles. The van der Waals surface area contributed by atoms with Crippen molar-refractivity contribution < 1.29 is 14.5 Å². The molecule has 1 aromatic heterocycles. The van der Waals surface area contributed by atoms with Crippen molar-refractivity contribution in [3.05, 3.63) is 46.6 Å². The number of ether oxygens (including phenoxy) is 1. The largest absolute Gasteiger partial charge is 0.497 e. The Balaban J connectivity index is 1.92. The molecule has 0 atom stereocenters. The number of carbonyl (C=O) groups excluding carboxylic acids is 1. The highest BCUT2D eigenvalue weighted by Gasteiger charge is 2.15. The van der Waals surface area contributed by atoms with Crippen molar-refractivity contribution in [2.45, 2.75) is 13.0 Å². The fourth-order valence-corrected chi connectivity index (χ4v) is 1.78. The Morgan fingerprint density at radius 2 is 2.29 bits per heavy atom. The molecule has 0 aliphatic rings. The highest BCUT2D eigenvalue weighted by atomic mass is 16.6. The number of rotatable bonds is 6. The SMILES string of the molecule is COc1cccc(NC(=O)CCn2nccc2[N+](=O)[O-])c1. The molecular formula is C13H14N4O4. The molecule has 0 saturated carbocycles. The topological polar surface area (TPSA) is 99.3 Å². The molecule has 1 heterocycles. The Morgan fingerprint density at radius 3 is 3.00 bits per heavy atom. The number of benzene rings is 1. The van der Waals surface area contributed by atoms with E-state index in [-0.39, 0.29) is 24.7 Å². The number of nitrogens with zero attached hydrogens (tertiary/aromatic N) is 3. The maximum atomic E-state index is 11.8. The first-order valence-corrected chi connectivity index (χ1v) is 6.20. The standard InChI is InChI=1S/C13H14N4O4/c1-21-11-4-2-3-10(9-11)15-12(18)6-8-16-13(17(19)20)5-7-14-16/h2-5,7,9H,6,8H2,1H3,(H,15,18). The van der Waals surface area contributed by atoms with Gasteiger partial charge in [-0.25, -0.2) is 0 Å². The number of anilines is 1. The molecule has 0 unspecified atom stereocenters. The van der Waals surface area contributed by atoms with Gasteiger partial charge in [0.15, 0.2) is 0 Å². The van der Waals surface area contributed by atoms with Gasteiger partial charge in [0.25, 0.3) is 0 Å². The van der Waals surface area contributed by atoms with Gasteiger partial charge in [0.05, 0.1) is 25.8 Å². The smallest absolute Gasteiger partial charge is 0.344 e. The molecule has 0 aliphatic carbocycles. The van der Waals surface area contributed by atoms with E-state index in [2.05, 4.69) is 10.4 Å². The normalized spacial score (nSPS) is 10.1. The number of hydrogen-bond acceptors (Lipinski definition) is 5. The first-order valence-electron chi connectivity index (χ1n) is 6.20. The summed E-state index contributed by atoms with van der Waals surface area (Å²) < 4.78 is 6.24. The second kappa shape index (κ2) is 6.51. The summed E-state index contributed by atoms with van der Waals surface area (Å²) >= 11 is 0. The van der Waals surface area contributed by atoms with E-state index in [9.17, 15) is 14.9 Å². The van der Waals surface area contributed by atoms with Gasteiger partial charge in [-0.1, -0.05) is 11.2 Å². The van der Waals surface area contributed by atoms with Crippen LogP contribution in [-0.2, 0) is 11.3 Å². The number of aromatic nitrogens is 2. The Morgan fingerprint density at radius 1 is 1.48 bits per heavy atom. The number of methoxy groups -OCH3 is 1. The highest BCUT2D eigenvalue weighted by molar-refractivity contribution is 5.90. The van der Waals surface area contributed by atoms with Crippen molar-refractivity contribution in [3.63, 3.8) is 0 Å². The van der Waals surface area contributed by atoms with Crippen LogP contribution in [0.1, 0.15) is 6.42 Å². The lowest BCUT2D eigenvalue weighted by Crippen LogP contribution is -2.15. The third-order valence-electron chi connectivity index (χ3n) is 2.79. The van der Waals surface area contributed by atoms with Crippen LogP contribution in [0.4, 0.5) is 11.5 Å². The molecule has 0 spiro atoms. The average Bonchev–Trinajstić information content (AvgIpc) is 2.94. The maximum Gasteiger partial charge on any atom is 0.344 e. The van der Waals surface area contributed by atoms with Crippen molar-refractivity contribution in [1.29, 1.82) is 0 Å². The molecule has 0 saturated heterocycles. The summed E-state index contributed by atoms with van der Waals surface area (Å²) in [5.74, 6) is 0.243. The van der Waals surface area contributed by atoms with E-state index in [0.717, 1.165) is 0 Å². The fourth-order valence-electron chi connectivity index (χ4n) is 1.78. The van der Waals surface area contributed by atoms with Crippen molar-refractivity contribution in [2.75, 3.05) is 12.4 Å². The average molecular weight is 290 g/mol. The molecule has 2 aromatic rings. The fraction of sp³-hybridized carbons (Fsp3) is 0.231. The highest BCUT2D eigenvalue weighted by Crippen LogP contribution is 2.17. The van der Waals surface area contributed by atoms with Crippen molar-refractivity contribution in [1.82, 2.24) is 9.78 Å². The van der Waals surface area contributed by atoms with Gasteiger partial charge in [-0.05, 0) is 17.1 Å². The van der Waals surface area contributed by atoms with E-state index in [4.69, 9.17) is 4.74 Å². The Hall–Kier alpha value is -2.90. The van der Waals surface area contributed by atoms with Crippen LogP contribution in [-0.4, -0.2) is 27.7 Å². The molecule has 1 amide bonds. The minimum atomic E-state index is -0.535. The molecule has 8 nitrogen and oxygen atoms in total. The minimum absolute atomic E-state index is 0.0831. The van der Waals surface area contributed by atoms with Gasteiger partial charge in [0.1, 0.15) is 12.3 Å². The third kappa shape index (κ3) is 3.78. The molecule has 0 bridgehead atoms. The zero-order chi connectivity index (χ0) is 15.2. The Kier molecular flexibility index (Phi) is 4.50. The summed E-state index contributed by atoms with van der Waals surface area (Å²) in [6.07, 6.45) is 1.41. The summed E-state index contributed by atoms with van der Waals surface area (Å²) in [6, 6.07) is 8.24. The molecule has 0 fully saturated rings. The number of amides is 1. The van der Waals surface area contributed by atoms with Crippen LogP contribution >= 0.6 is 0 Å². The van der Waals surface area contributed by atoms with Crippen LogP contribution in [0.15, 0.2) is 36.5 Å². The molecule has 0 radical (unpaired) electrons. The zero-order valence-electron chi connectivity index (χ0n) is 11.4. The number of nitrogens with one attached hydrogen (secondary N) is 1. The van der Waals surface area contributed by atoms with Crippen LogP contribution in [0.2, 0.25) is 0 Å². The number of aryl methyl sites for hydroxylation is 1. The Labute approximate surface area is 120 Å². The molecule has 21 heavy (non-hydrogen) atoms. The van der Waals surface area contributed by atoms with Gasteiger partial charge >= 0.3 is 5.82 Å². The van der Waals surface area contributed by atoms with E-state index in [0.29, 0.717) is 11.4 Å². The van der Waals surface area contributed by atoms with E-state index < -0.39 is 4.92 Å². The summed E-state index contributed by atoms with van der Waals surface area (Å²) in [5, 5.41) is 17.2. The van der Waals surface area contributed by atoms with E-state index >= 15 is 0 Å². The lowest BCUT2D eigenvalue weighted by Gasteiger charge is -2.06. The number of carbonyl (C=O) groups is 1. The van der Waals surface area contributed by atoms with Gasteiger partial charge in [-0.15, -0.1) is 4.68 Å². The second-order valence-electron chi connectivity index (χ2n) is 4.20. The van der Waals surface area contributed by atoms with Crippen molar-refractivity contribution in [2.24, 2.45) is 0 Å². The molecule has 1 N–H and O–H groups in total. The van der Waals surface area contributed by atoms with Gasteiger partial charge in [-0.2, -0.15) is 0 Å². The van der Waals surface area contributed by atoms with Crippen LogP contribution in [0, 0.1) is 10.1 Å². The summed E-state index contributed by atoms with van der Waals surface area (Å²) in [5.41, 5.74) is 0.606. The molecule has 110 valence electrons. The monoisotopic (exact) mass is 290 g/mol. The molecular weight excluding hydrogens is 276 g/mol. The van der Waals surface area contributed by atoms with E-state index in [1.165, 1.54) is 24.1 Å². The van der Waals surface area contributed by atoms with E-state index in [1.54, 1.807) is 24.3 Å². The molecule has 8 heteroatoms.